The van der Waals surface area contributed by atoms with E-state index in [9.17, 15) is 10.2 Å². The molecule has 1 fully saturated rings. The van der Waals surface area contributed by atoms with Crippen LogP contribution in [0.5, 0.6) is 0 Å². The highest BCUT2D eigenvalue weighted by atomic mass is 28.4. The predicted molar refractivity (Wildman–Crippen MR) is 163 cm³/mol. The largest absolute Gasteiger partial charge is 0.411 e. The molecule has 0 spiro atoms. The zero-order chi connectivity index (χ0) is 29.4. The summed E-state index contributed by atoms with van der Waals surface area (Å²) in [6, 6.07) is 0. The third kappa shape index (κ3) is 8.70. The Morgan fingerprint density at radius 1 is 0.757 bits per heavy atom. The lowest BCUT2D eigenvalue weighted by atomic mass is 9.98. The Morgan fingerprint density at radius 2 is 1.19 bits per heavy atom. The van der Waals surface area contributed by atoms with Crippen molar-refractivity contribution in [2.45, 2.75) is 180 Å². The van der Waals surface area contributed by atoms with E-state index in [4.69, 9.17) is 18.0 Å². The molecule has 222 valence electrons. The standard InChI is InChI=1S/C28H62O6Si3/c1-17-18-19-20(32-35(11,12)26(2,3)4)21(29)23-22(30)24(33-36(13,14)27(5,6)7)25(31-23)34-37(15,16)28(8,9)10/h20-25,29-30H,17-19H2,1-16H3/t20-,21+,22-,23+,24+,25-/m0/s1. The fourth-order valence-corrected chi connectivity index (χ4v) is 7.40. The molecule has 9 heteroatoms. The van der Waals surface area contributed by atoms with Crippen LogP contribution in [0.25, 0.3) is 0 Å². The molecule has 6 atom stereocenters. The topological polar surface area (TPSA) is 77.4 Å². The molecule has 0 bridgehead atoms. The van der Waals surface area contributed by atoms with Crippen LogP contribution in [0, 0.1) is 0 Å². The van der Waals surface area contributed by atoms with E-state index in [1.54, 1.807) is 0 Å². The van der Waals surface area contributed by atoms with Crippen LogP contribution in [0.4, 0.5) is 0 Å². The number of aliphatic hydroxyl groups excluding tert-OH is 2. The Kier molecular flexibility index (Phi) is 11.6. The first-order chi connectivity index (χ1) is 16.3. The van der Waals surface area contributed by atoms with E-state index in [-0.39, 0.29) is 15.1 Å². The number of aliphatic hydroxyl groups is 2. The molecule has 2 N–H and O–H groups in total. The number of rotatable bonds is 11. The summed E-state index contributed by atoms with van der Waals surface area (Å²) >= 11 is 0. The number of hydrogen-bond acceptors (Lipinski definition) is 6. The molecule has 0 saturated carbocycles. The van der Waals surface area contributed by atoms with Crippen LogP contribution in [0.1, 0.15) is 88.5 Å². The van der Waals surface area contributed by atoms with E-state index in [2.05, 4.69) is 109 Å². The lowest BCUT2D eigenvalue weighted by molar-refractivity contribution is -0.152. The maximum absolute atomic E-state index is 11.7. The highest BCUT2D eigenvalue weighted by Gasteiger charge is 2.56. The average molecular weight is 579 g/mol. The first-order valence-electron chi connectivity index (χ1n) is 14.3. The van der Waals surface area contributed by atoms with Gasteiger partial charge >= 0.3 is 0 Å². The van der Waals surface area contributed by atoms with Crippen LogP contribution in [-0.4, -0.2) is 72.0 Å². The van der Waals surface area contributed by atoms with E-state index in [1.807, 2.05) is 0 Å². The van der Waals surface area contributed by atoms with Crippen molar-refractivity contribution in [3.8, 4) is 0 Å². The van der Waals surface area contributed by atoms with Gasteiger partial charge in [-0.15, -0.1) is 0 Å². The Bertz CT molecular complexity index is 721. The summed E-state index contributed by atoms with van der Waals surface area (Å²) < 4.78 is 26.7. The van der Waals surface area contributed by atoms with Gasteiger partial charge in [0.1, 0.15) is 24.4 Å². The highest BCUT2D eigenvalue weighted by Crippen LogP contribution is 2.44. The second-order valence-electron chi connectivity index (χ2n) is 15.7. The van der Waals surface area contributed by atoms with Crippen molar-refractivity contribution in [3.63, 3.8) is 0 Å². The van der Waals surface area contributed by atoms with Gasteiger partial charge in [0.15, 0.2) is 31.2 Å². The normalized spacial score (nSPS) is 26.4. The van der Waals surface area contributed by atoms with Gasteiger partial charge in [-0.3, -0.25) is 0 Å². The SMILES string of the molecule is CCCC[C@H](O[Si](C)(C)C(C)(C)C)[C@@H](O)[C@H]1O[C@@H](O[Si](C)(C)C(C)(C)C)[C@H](O[Si](C)(C)C(C)(C)C)[C@H]1O. The lowest BCUT2D eigenvalue weighted by Gasteiger charge is -2.42. The van der Waals surface area contributed by atoms with Crippen molar-refractivity contribution in [2.24, 2.45) is 0 Å². The quantitative estimate of drug-likeness (QED) is 0.248. The van der Waals surface area contributed by atoms with Gasteiger partial charge < -0.3 is 28.2 Å². The van der Waals surface area contributed by atoms with E-state index in [0.29, 0.717) is 0 Å². The fourth-order valence-electron chi connectivity index (χ4n) is 3.62. The molecule has 0 unspecified atom stereocenters. The van der Waals surface area contributed by atoms with Crippen molar-refractivity contribution >= 4 is 25.0 Å². The van der Waals surface area contributed by atoms with Gasteiger partial charge in [0.25, 0.3) is 0 Å². The summed E-state index contributed by atoms with van der Waals surface area (Å²) in [4.78, 5) is 0. The number of hydrogen-bond donors (Lipinski definition) is 2. The van der Waals surface area contributed by atoms with Gasteiger partial charge in [-0.25, -0.2) is 0 Å². The molecule has 1 aliphatic heterocycles. The third-order valence-electron chi connectivity index (χ3n) is 9.50. The number of unbranched alkanes of at least 4 members (excludes halogenated alkanes) is 1. The molecule has 0 aromatic rings. The van der Waals surface area contributed by atoms with Gasteiger partial charge in [-0.1, -0.05) is 82.1 Å². The van der Waals surface area contributed by atoms with Crippen LogP contribution in [0.2, 0.25) is 54.4 Å². The Morgan fingerprint density at radius 3 is 1.59 bits per heavy atom. The van der Waals surface area contributed by atoms with E-state index < -0.39 is 61.8 Å². The molecule has 0 amide bonds. The molecule has 6 nitrogen and oxygen atoms in total. The summed E-state index contributed by atoms with van der Waals surface area (Å²) in [5.41, 5.74) is 0. The molecular weight excluding hydrogens is 517 g/mol. The summed E-state index contributed by atoms with van der Waals surface area (Å²) in [6.45, 7) is 35.0. The molecule has 0 aromatic heterocycles. The molecule has 0 aromatic carbocycles. The van der Waals surface area contributed by atoms with Gasteiger partial charge in [-0.05, 0) is 60.8 Å². The van der Waals surface area contributed by atoms with Crippen molar-refractivity contribution < 1.29 is 28.2 Å². The Balaban J connectivity index is 3.39. The van der Waals surface area contributed by atoms with Crippen LogP contribution >= 0.6 is 0 Å². The Labute approximate surface area is 232 Å². The van der Waals surface area contributed by atoms with Crippen molar-refractivity contribution in [1.29, 1.82) is 0 Å². The summed E-state index contributed by atoms with van der Waals surface area (Å²) in [7, 11) is -6.67. The number of ether oxygens (including phenoxy) is 1. The molecule has 37 heavy (non-hydrogen) atoms. The molecule has 1 rings (SSSR count). The van der Waals surface area contributed by atoms with Crippen LogP contribution < -0.4 is 0 Å². The second kappa shape index (κ2) is 12.1. The van der Waals surface area contributed by atoms with Crippen LogP contribution in [0.3, 0.4) is 0 Å². The van der Waals surface area contributed by atoms with Crippen molar-refractivity contribution in [2.75, 3.05) is 0 Å². The molecule has 0 aliphatic carbocycles. The first kappa shape index (κ1) is 35.4. The average Bonchev–Trinajstić information content (AvgIpc) is 2.96. The molecule has 1 heterocycles. The van der Waals surface area contributed by atoms with Crippen LogP contribution in [-0.2, 0) is 18.0 Å². The monoisotopic (exact) mass is 578 g/mol. The minimum atomic E-state index is -2.26. The predicted octanol–water partition coefficient (Wildman–Crippen LogP) is 7.43. The first-order valence-corrected chi connectivity index (χ1v) is 23.1. The summed E-state index contributed by atoms with van der Waals surface area (Å²) in [5, 5.41) is 23.3. The van der Waals surface area contributed by atoms with Gasteiger partial charge in [0, 0.05) is 0 Å². The minimum absolute atomic E-state index is 0.00823. The highest BCUT2D eigenvalue weighted by molar-refractivity contribution is 6.75. The van der Waals surface area contributed by atoms with Gasteiger partial charge in [0.05, 0.1) is 6.10 Å². The van der Waals surface area contributed by atoms with Gasteiger partial charge in [0.2, 0.25) is 0 Å². The maximum atomic E-state index is 11.7. The van der Waals surface area contributed by atoms with Crippen molar-refractivity contribution in [3.05, 3.63) is 0 Å². The Hall–Kier alpha value is 0.411. The second-order valence-corrected chi connectivity index (χ2v) is 30.0. The smallest absolute Gasteiger partial charge is 0.195 e. The maximum Gasteiger partial charge on any atom is 0.195 e. The van der Waals surface area contributed by atoms with E-state index >= 15 is 0 Å². The zero-order valence-electron chi connectivity index (χ0n) is 27.1. The molecule has 0 radical (unpaired) electrons. The molecule has 1 saturated heterocycles. The van der Waals surface area contributed by atoms with E-state index in [1.165, 1.54) is 0 Å². The lowest BCUT2D eigenvalue weighted by Crippen LogP contribution is -2.54. The summed E-state index contributed by atoms with van der Waals surface area (Å²) in [6.07, 6.45) is -1.96. The third-order valence-corrected chi connectivity index (χ3v) is 22.9. The molecular formula is C28H62O6Si3. The van der Waals surface area contributed by atoms with Crippen LogP contribution in [0.15, 0.2) is 0 Å². The fraction of sp³-hybridized carbons (Fsp3) is 1.00. The summed E-state index contributed by atoms with van der Waals surface area (Å²) in [5.74, 6) is 0. The van der Waals surface area contributed by atoms with E-state index in [0.717, 1.165) is 19.3 Å². The zero-order valence-corrected chi connectivity index (χ0v) is 30.1. The molecule has 1 aliphatic rings. The minimum Gasteiger partial charge on any atom is -0.411 e. The van der Waals surface area contributed by atoms with Crippen molar-refractivity contribution in [1.82, 2.24) is 0 Å². The van der Waals surface area contributed by atoms with Gasteiger partial charge in [-0.2, -0.15) is 0 Å².